The molecule has 5 rings (SSSR count). The summed E-state index contributed by atoms with van der Waals surface area (Å²) < 4.78 is 63.8. The van der Waals surface area contributed by atoms with Crippen LogP contribution < -0.4 is 16.0 Å². The summed E-state index contributed by atoms with van der Waals surface area (Å²) in [5, 5.41) is 234. The Kier molecular flexibility index (Phi) is 29.1. The zero-order valence-corrected chi connectivity index (χ0v) is 47.9. The molecule has 5 aliphatic heterocycles. The Morgan fingerprint density at radius 3 is 1.61 bits per heavy atom. The predicted octanol–water partition coefficient (Wildman–Crippen LogP) is -11.9. The van der Waals surface area contributed by atoms with Crippen LogP contribution in [0.5, 0.6) is 0 Å². The second-order valence-electron chi connectivity index (χ2n) is 21.4. The molecule has 5 aliphatic rings. The molecule has 15 unspecified atom stereocenters. The highest BCUT2D eigenvalue weighted by molar-refractivity contribution is 5.75. The fourth-order valence-electron chi connectivity index (χ4n) is 10.3. The number of carbonyl (C=O) groups excluding carboxylic acids is 3. The molecule has 0 radical (unpaired) electrons. The molecular weight excluding hydrogens is 1200 g/mol. The average molecular weight is 1290 g/mol. The van der Waals surface area contributed by atoms with Gasteiger partial charge in [-0.2, -0.15) is 0 Å². The highest BCUT2D eigenvalue weighted by Crippen LogP contribution is 2.36. The van der Waals surface area contributed by atoms with E-state index in [0.29, 0.717) is 0 Å². The van der Waals surface area contributed by atoms with Crippen LogP contribution in [-0.4, -0.2) is 350 Å². The lowest BCUT2D eigenvalue weighted by Crippen LogP contribution is -2.70. The van der Waals surface area contributed by atoms with Gasteiger partial charge in [0.2, 0.25) is 30.3 Å². The zero-order valence-electron chi connectivity index (χ0n) is 47.9. The molecule has 0 aromatic carbocycles. The first-order chi connectivity index (χ1) is 41.5. The molecule has 38 heteroatoms. The maximum absolute atomic E-state index is 12.8. The SMILES string of the molecule is CC(=O)N/C(=C(\O)[C@@H](CCO)O[C@H](O)/C(O)=C(\O)[C@@H](O)CCO)[C@@H](O)OC1C(O)[C@H](O)C(CO)CO[C@@H]1OC1C(O)[C@H](O[C@@H]2C(CO)O[C@@H](O[C@@H]3C(CO)O[C@@H](C)C(NC(C)=O)C3O)C(NC(C)=O)C2O)OC(CO[C@H]2OC(CO)[C@@H](O)C(O)C2O)[C@H]1O. The number of carbonyl (C=O) groups is 3. The van der Waals surface area contributed by atoms with E-state index in [1.807, 2.05) is 5.32 Å². The van der Waals surface area contributed by atoms with E-state index in [2.05, 4.69) is 10.6 Å². The fraction of sp³-hybridized carbons (Fsp3) is 0.860. The van der Waals surface area contributed by atoms with E-state index in [0.717, 1.165) is 20.8 Å². The Morgan fingerprint density at radius 1 is 0.500 bits per heavy atom. The lowest BCUT2D eigenvalue weighted by Gasteiger charge is -2.50. The van der Waals surface area contributed by atoms with Crippen molar-refractivity contribution in [3.63, 3.8) is 0 Å². The second kappa shape index (κ2) is 34.2. The van der Waals surface area contributed by atoms with Crippen LogP contribution in [0.1, 0.15) is 40.5 Å². The van der Waals surface area contributed by atoms with E-state index in [1.54, 1.807) is 0 Å². The third-order valence-corrected chi connectivity index (χ3v) is 15.0. The molecule has 5 fully saturated rings. The van der Waals surface area contributed by atoms with Crippen LogP contribution in [0, 0.1) is 5.92 Å². The minimum atomic E-state index is -2.79. The summed E-state index contributed by atoms with van der Waals surface area (Å²) >= 11 is 0. The molecule has 38 nitrogen and oxygen atoms in total. The largest absolute Gasteiger partial charge is 0.507 e. The zero-order chi connectivity index (χ0) is 65.8. The van der Waals surface area contributed by atoms with E-state index < -0.39 is 284 Å². The molecule has 3 amide bonds. The van der Waals surface area contributed by atoms with Crippen LogP contribution in [-0.2, 0) is 66.5 Å². The van der Waals surface area contributed by atoms with Crippen LogP contribution in [0.15, 0.2) is 23.0 Å². The third kappa shape index (κ3) is 18.2. The van der Waals surface area contributed by atoms with Gasteiger partial charge in [-0.3, -0.25) is 14.4 Å². The van der Waals surface area contributed by atoms with Gasteiger partial charge in [-0.05, 0) is 6.92 Å². The van der Waals surface area contributed by atoms with Crippen molar-refractivity contribution in [2.24, 2.45) is 5.92 Å². The first-order valence-corrected chi connectivity index (χ1v) is 27.8. The summed E-state index contributed by atoms with van der Waals surface area (Å²) in [6.45, 7) is -2.68. The molecule has 24 N–H and O–H groups in total. The Morgan fingerprint density at radius 2 is 1.05 bits per heavy atom. The number of aliphatic hydroxyl groups excluding tert-OH is 21. The fourth-order valence-corrected chi connectivity index (χ4v) is 10.3. The van der Waals surface area contributed by atoms with Crippen molar-refractivity contribution in [2.75, 3.05) is 52.9 Å². The highest BCUT2D eigenvalue weighted by Gasteiger charge is 2.56. The topological polar surface area (TPSA) is 614 Å². The maximum atomic E-state index is 12.8. The number of nitrogens with one attached hydrogen (secondary N) is 3. The summed E-state index contributed by atoms with van der Waals surface area (Å²) in [5.74, 6) is -8.06. The summed E-state index contributed by atoms with van der Waals surface area (Å²) in [5.41, 5.74) is -1.13. The summed E-state index contributed by atoms with van der Waals surface area (Å²) in [7, 11) is 0. The van der Waals surface area contributed by atoms with Crippen molar-refractivity contribution in [1.29, 1.82) is 0 Å². The van der Waals surface area contributed by atoms with Gasteiger partial charge in [0.15, 0.2) is 36.7 Å². The van der Waals surface area contributed by atoms with Gasteiger partial charge < -0.3 is 175 Å². The van der Waals surface area contributed by atoms with Crippen LogP contribution in [0.3, 0.4) is 0 Å². The van der Waals surface area contributed by atoms with Crippen molar-refractivity contribution in [1.82, 2.24) is 16.0 Å². The van der Waals surface area contributed by atoms with E-state index in [1.165, 1.54) is 6.92 Å². The van der Waals surface area contributed by atoms with E-state index in [9.17, 15) is 117 Å². The first-order valence-electron chi connectivity index (χ1n) is 27.8. The highest BCUT2D eigenvalue weighted by atomic mass is 16.8. The van der Waals surface area contributed by atoms with E-state index >= 15 is 0 Å². The molecular formula is C50H85N3O35. The van der Waals surface area contributed by atoms with Gasteiger partial charge in [0.25, 0.3) is 0 Å². The smallest absolute Gasteiger partial charge is 0.221 e. The average Bonchev–Trinajstić information content (AvgIpc) is 1.47. The van der Waals surface area contributed by atoms with Crippen molar-refractivity contribution >= 4 is 17.7 Å². The molecule has 5 saturated heterocycles. The van der Waals surface area contributed by atoms with Crippen LogP contribution in [0.25, 0.3) is 0 Å². The lowest BCUT2D eigenvalue weighted by atomic mass is 9.92. The molecule has 510 valence electrons. The molecule has 29 atom stereocenters. The van der Waals surface area contributed by atoms with E-state index in [4.69, 9.17) is 57.2 Å². The molecule has 88 heavy (non-hydrogen) atoms. The predicted molar refractivity (Wildman–Crippen MR) is 279 cm³/mol. The Hall–Kier alpha value is -3.87. The van der Waals surface area contributed by atoms with Gasteiger partial charge in [-0.25, -0.2) is 0 Å². The number of rotatable bonds is 28. The molecule has 0 saturated carbocycles. The van der Waals surface area contributed by atoms with Crippen LogP contribution in [0.2, 0.25) is 0 Å². The van der Waals surface area contributed by atoms with Crippen molar-refractivity contribution < 1.29 is 174 Å². The molecule has 5 heterocycles. The van der Waals surface area contributed by atoms with Gasteiger partial charge in [-0.1, -0.05) is 0 Å². The van der Waals surface area contributed by atoms with E-state index in [-0.39, 0.29) is 0 Å². The molecule has 0 aromatic rings. The molecule has 0 bridgehead atoms. The quantitative estimate of drug-likeness (QED) is 0.0255. The number of hydrogen-bond donors (Lipinski definition) is 24. The van der Waals surface area contributed by atoms with Crippen LogP contribution >= 0.6 is 0 Å². The second-order valence-corrected chi connectivity index (χ2v) is 21.4. The lowest BCUT2D eigenvalue weighted by molar-refractivity contribution is -0.376. The maximum Gasteiger partial charge on any atom is 0.221 e. The van der Waals surface area contributed by atoms with Crippen LogP contribution in [0.4, 0.5) is 0 Å². The molecule has 0 aromatic heterocycles. The monoisotopic (exact) mass is 1290 g/mol. The molecule has 0 aliphatic carbocycles. The third-order valence-electron chi connectivity index (χ3n) is 15.0. The van der Waals surface area contributed by atoms with Gasteiger partial charge in [0.05, 0.1) is 57.9 Å². The normalized spacial score (nSPS) is 40.2. The van der Waals surface area contributed by atoms with Gasteiger partial charge >= 0.3 is 0 Å². The minimum absolute atomic E-state index is 0.548. The minimum Gasteiger partial charge on any atom is -0.507 e. The first kappa shape index (κ1) is 74.9. The Bertz CT molecular complexity index is 2260. The van der Waals surface area contributed by atoms with Crippen molar-refractivity contribution in [3.05, 3.63) is 23.0 Å². The Labute approximate surface area is 500 Å². The summed E-state index contributed by atoms with van der Waals surface area (Å²) in [6, 6.07) is -2.92. The summed E-state index contributed by atoms with van der Waals surface area (Å²) in [6.07, 6.45) is -53.9. The number of ether oxygens (including phenoxy) is 11. The summed E-state index contributed by atoms with van der Waals surface area (Å²) in [4.78, 5) is 37.4. The van der Waals surface area contributed by atoms with Gasteiger partial charge in [0, 0.05) is 52.7 Å². The standard InChI is InChI=1S/C50H85N3O35/c1-15-26(51-16(2)60)34(69)41(23(11-58)80-15)86-47-28(53-18(4)62)35(70)42(24(12-59)83-47)87-49-40(75)43(33(68)25(84-49)14-79-48-39(74)36(71)32(67)22(10-57)82-48)88-50-44(37(72)29(64)19(9-56)13-78-50)85-45(76)27(52-17(3)61)31(66)21(6-8-55)81-46(77)38(73)30(65)20(63)5-7-54/h15,19-26,28-29,32-37,39-50,54-59,63-77H,5-14H2,1-4H3,(H,51,60)(H,52,61)(H,53,62)/b31-27-,38-30+/t15-,19?,20-,21+,22?,23?,24?,25?,26?,28?,29+,32+,33+,34?,35?,36?,37?,39?,40?,41+,42+,43?,44?,45-,46-,47-,48-,49-,50+/m0/s1. The van der Waals surface area contributed by atoms with Gasteiger partial charge in [-0.15, -0.1) is 0 Å². The van der Waals surface area contributed by atoms with Crippen molar-refractivity contribution in [3.8, 4) is 0 Å². The number of amides is 3. The van der Waals surface area contributed by atoms with Gasteiger partial charge in [0.1, 0.15) is 127 Å². The molecule has 0 spiro atoms. The van der Waals surface area contributed by atoms with Crippen molar-refractivity contribution in [2.45, 2.75) is 212 Å². The Balaban J connectivity index is 1.55. The number of hydrogen-bond acceptors (Lipinski definition) is 35. The number of aliphatic hydroxyl groups is 21.